The molecule has 3 nitrogen and oxygen atoms in total. The third-order valence-corrected chi connectivity index (χ3v) is 2.39. The monoisotopic (exact) mass is 409 g/mol. The maximum Gasteiger partial charge on any atom is 3.00 e. The number of pyridine rings is 1. The molecule has 0 radical (unpaired) electrons. The van der Waals surface area contributed by atoms with Gasteiger partial charge in [0.15, 0.2) is 0 Å². The van der Waals surface area contributed by atoms with E-state index in [4.69, 9.17) is 0 Å². The van der Waals surface area contributed by atoms with Gasteiger partial charge >= 0.3 is 16.8 Å². The third-order valence-electron chi connectivity index (χ3n) is 2.39. The van der Waals surface area contributed by atoms with Gasteiger partial charge in [-0.15, -0.1) is 0 Å². The fourth-order valence-electron chi connectivity index (χ4n) is 1.74. The molecule has 0 aliphatic rings. The van der Waals surface area contributed by atoms with Gasteiger partial charge in [0, 0.05) is 12.1 Å². The molecular weight excluding hydrogens is 387 g/mol. The molecule has 0 spiro atoms. The topological polar surface area (TPSA) is 37.6 Å². The van der Waals surface area contributed by atoms with Gasteiger partial charge in [-0.25, -0.2) is 4.98 Å². The van der Waals surface area contributed by atoms with Crippen molar-refractivity contribution in [2.24, 2.45) is 9.98 Å². The first-order valence-corrected chi connectivity index (χ1v) is 6.46. The molecule has 0 bridgehead atoms. The van der Waals surface area contributed by atoms with Crippen molar-refractivity contribution in [1.29, 1.82) is 0 Å². The van der Waals surface area contributed by atoms with Gasteiger partial charge in [-0.2, -0.15) is 0 Å². The Bertz CT molecular complexity index is 436. The molecule has 0 aliphatic carbocycles. The van der Waals surface area contributed by atoms with Crippen LogP contribution in [0, 0.1) is 0 Å². The number of halogens is 3. The Morgan fingerprint density at radius 1 is 0.818 bits per heavy atom. The van der Waals surface area contributed by atoms with Crippen LogP contribution >= 0.6 is 0 Å². The predicted octanol–water partition coefficient (Wildman–Crippen LogP) is -5.47. The van der Waals surface area contributed by atoms with Gasteiger partial charge in [0.25, 0.3) is 0 Å². The summed E-state index contributed by atoms with van der Waals surface area (Å²) in [6.07, 6.45) is 0. The van der Waals surface area contributed by atoms with Crippen LogP contribution in [-0.4, -0.2) is 28.5 Å². The molecule has 0 amide bonds. The van der Waals surface area contributed by atoms with Gasteiger partial charge in [0.1, 0.15) is 0 Å². The molecule has 128 valence electrons. The summed E-state index contributed by atoms with van der Waals surface area (Å²) in [6.45, 7) is 12.3. The van der Waals surface area contributed by atoms with Crippen molar-refractivity contribution in [3.05, 3.63) is 29.6 Å². The average molecular weight is 411 g/mol. The van der Waals surface area contributed by atoms with Crippen molar-refractivity contribution in [3.8, 4) is 0 Å². The summed E-state index contributed by atoms with van der Waals surface area (Å²) in [7, 11) is 0. The quantitative estimate of drug-likeness (QED) is 0.457. The number of nitrogens with zero attached hydrogens (tertiary/aromatic N) is 3. The van der Waals surface area contributed by atoms with Crippen LogP contribution in [0.1, 0.15) is 52.9 Å². The van der Waals surface area contributed by atoms with Gasteiger partial charge in [-0.05, 0) is 53.7 Å². The van der Waals surface area contributed by atoms with Crippen molar-refractivity contribution >= 4 is 11.4 Å². The van der Waals surface area contributed by atoms with E-state index in [0.717, 1.165) is 22.8 Å². The summed E-state index contributed by atoms with van der Waals surface area (Å²) in [4.78, 5) is 13.7. The fraction of sp³-hybridized carbons (Fsp3) is 0.533. The summed E-state index contributed by atoms with van der Waals surface area (Å²) < 4.78 is 0. The zero-order valence-electron chi connectivity index (χ0n) is 13.7. The molecule has 0 fully saturated rings. The Balaban J connectivity index is -0.000000405. The normalized spacial score (nSPS) is 11.1. The minimum Gasteiger partial charge on any atom is -1.00 e. The Hall–Kier alpha value is -0.134. The van der Waals surface area contributed by atoms with Crippen LogP contribution in [0.3, 0.4) is 0 Å². The molecule has 0 atom stereocenters. The van der Waals surface area contributed by atoms with E-state index >= 15 is 0 Å². The van der Waals surface area contributed by atoms with E-state index in [-0.39, 0.29) is 54.0 Å². The Morgan fingerprint density at radius 2 is 1.14 bits per heavy atom. The van der Waals surface area contributed by atoms with E-state index in [9.17, 15) is 0 Å². The van der Waals surface area contributed by atoms with Crippen molar-refractivity contribution in [3.63, 3.8) is 0 Å². The van der Waals surface area contributed by atoms with Gasteiger partial charge in [0.05, 0.1) is 22.8 Å². The van der Waals surface area contributed by atoms with Gasteiger partial charge < -0.3 is 37.2 Å². The summed E-state index contributed by atoms with van der Waals surface area (Å²) in [5.74, 6) is 0. The zero-order chi connectivity index (χ0) is 13.7. The van der Waals surface area contributed by atoms with Crippen LogP contribution in [-0.2, 0) is 16.8 Å². The number of hydrogen-bond donors (Lipinski definition) is 0. The van der Waals surface area contributed by atoms with Crippen LogP contribution in [0.25, 0.3) is 0 Å². The molecule has 0 saturated carbocycles. The number of aromatic nitrogens is 1. The van der Waals surface area contributed by atoms with E-state index in [1.54, 1.807) is 0 Å². The second-order valence-corrected chi connectivity index (χ2v) is 5.02. The smallest absolute Gasteiger partial charge is 1.00 e. The molecule has 0 aliphatic heterocycles. The first-order valence-electron chi connectivity index (χ1n) is 6.46. The molecule has 1 aromatic heterocycles. The van der Waals surface area contributed by atoms with Crippen LogP contribution in [0.2, 0.25) is 0 Å². The van der Waals surface area contributed by atoms with Crippen LogP contribution < -0.4 is 37.2 Å². The summed E-state index contributed by atoms with van der Waals surface area (Å²) in [5.41, 5.74) is 3.81. The molecular formula is C15H23Cl3CoN3. The van der Waals surface area contributed by atoms with Gasteiger partial charge in [-0.3, -0.25) is 9.98 Å². The average Bonchev–Trinajstić information content (AvgIpc) is 2.27. The molecule has 22 heavy (non-hydrogen) atoms. The standard InChI is InChI=1S/C15H23N3.3ClH.Co/c1-10(2)16-12(5)14-8-7-9-15(18-14)13(6)17-11(3)4;;;;/h7-11H,1-6H3;3*1H;/q;;;;+3/p-3. The molecule has 7 heteroatoms. The first kappa shape index (κ1) is 29.8. The van der Waals surface area contributed by atoms with E-state index < -0.39 is 0 Å². The minimum atomic E-state index is 0. The maximum absolute atomic E-state index is 4.62. The summed E-state index contributed by atoms with van der Waals surface area (Å²) >= 11 is 0. The molecule has 1 heterocycles. The summed E-state index contributed by atoms with van der Waals surface area (Å²) in [5, 5.41) is 0. The number of hydrogen-bond acceptors (Lipinski definition) is 3. The predicted molar refractivity (Wildman–Crippen MR) is 78.9 cm³/mol. The Kier molecular flexibility index (Phi) is 19.6. The van der Waals surface area contributed by atoms with Crippen molar-refractivity contribution < 1.29 is 54.0 Å². The maximum atomic E-state index is 4.62. The van der Waals surface area contributed by atoms with Gasteiger partial charge in [0.2, 0.25) is 0 Å². The van der Waals surface area contributed by atoms with E-state index in [0.29, 0.717) is 12.1 Å². The van der Waals surface area contributed by atoms with E-state index in [2.05, 4.69) is 42.7 Å². The van der Waals surface area contributed by atoms with Crippen LogP contribution in [0.5, 0.6) is 0 Å². The second kappa shape index (κ2) is 14.5. The largest absolute Gasteiger partial charge is 3.00 e. The van der Waals surface area contributed by atoms with Crippen LogP contribution in [0.15, 0.2) is 28.2 Å². The summed E-state index contributed by atoms with van der Waals surface area (Å²) in [6, 6.07) is 6.58. The van der Waals surface area contributed by atoms with Crippen molar-refractivity contribution in [2.75, 3.05) is 0 Å². The van der Waals surface area contributed by atoms with E-state index in [1.165, 1.54) is 0 Å². The molecule has 1 rings (SSSR count). The molecule has 0 saturated heterocycles. The molecule has 0 aromatic carbocycles. The SMILES string of the molecule is CC(=NC(C)C)c1cccc(C(C)=NC(C)C)n1.[Cl-].[Cl-].[Cl-].[Co+3]. The molecule has 1 aromatic rings. The Morgan fingerprint density at radius 3 is 1.41 bits per heavy atom. The number of rotatable bonds is 4. The van der Waals surface area contributed by atoms with Gasteiger partial charge in [-0.1, -0.05) is 6.07 Å². The Labute approximate surface area is 163 Å². The minimum absolute atomic E-state index is 0. The molecule has 0 unspecified atom stereocenters. The fourth-order valence-corrected chi connectivity index (χ4v) is 1.74. The second-order valence-electron chi connectivity index (χ2n) is 5.02. The van der Waals surface area contributed by atoms with Crippen molar-refractivity contribution in [1.82, 2.24) is 4.98 Å². The van der Waals surface area contributed by atoms with Crippen molar-refractivity contribution in [2.45, 2.75) is 53.6 Å². The van der Waals surface area contributed by atoms with Crippen LogP contribution in [0.4, 0.5) is 0 Å². The zero-order valence-corrected chi connectivity index (χ0v) is 17.0. The molecule has 0 N–H and O–H groups in total. The van der Waals surface area contributed by atoms with E-state index in [1.807, 2.05) is 32.0 Å². The third kappa shape index (κ3) is 10.6. The number of aliphatic imine (C=N–C) groups is 2. The first-order chi connectivity index (χ1) is 8.40.